The van der Waals surface area contributed by atoms with Crippen LogP contribution in [0.3, 0.4) is 0 Å². The van der Waals surface area contributed by atoms with Crippen LogP contribution < -0.4 is 0 Å². The van der Waals surface area contributed by atoms with Gasteiger partial charge in [-0.3, -0.25) is 0 Å². The van der Waals surface area contributed by atoms with Crippen molar-refractivity contribution in [2.75, 3.05) is 13.7 Å². The molecule has 146 valence electrons. The average Bonchev–Trinajstić information content (AvgIpc) is 2.61. The number of hydrogen-bond acceptors (Lipinski definition) is 3. The van der Waals surface area contributed by atoms with Crippen LogP contribution in [0.1, 0.15) is 110 Å². The van der Waals surface area contributed by atoms with Crippen molar-refractivity contribution in [1.82, 2.24) is 0 Å². The Balaban J connectivity index is 3.17. The van der Waals surface area contributed by atoms with Crippen molar-refractivity contribution in [2.45, 2.75) is 122 Å². The van der Waals surface area contributed by atoms with Crippen molar-refractivity contribution >= 4 is 0 Å². The number of rotatable bonds is 19. The molecule has 0 spiro atoms. The Kier molecular flexibility index (Phi) is 19.1. The van der Waals surface area contributed by atoms with Gasteiger partial charge in [0.2, 0.25) is 0 Å². The molecule has 0 aromatic heterocycles. The third-order valence-corrected chi connectivity index (χ3v) is 5.01. The van der Waals surface area contributed by atoms with E-state index in [0.717, 1.165) is 12.8 Å². The molecule has 0 amide bonds. The molecule has 0 aliphatic heterocycles. The largest absolute Gasteiger partial charge is 0.394 e. The van der Waals surface area contributed by atoms with Crippen LogP contribution in [0.25, 0.3) is 0 Å². The number of hydrogen-bond donors (Lipinski definition) is 2. The van der Waals surface area contributed by atoms with Crippen molar-refractivity contribution in [3.63, 3.8) is 0 Å². The zero-order valence-electron chi connectivity index (χ0n) is 16.5. The quantitative estimate of drug-likeness (QED) is 0.299. The van der Waals surface area contributed by atoms with Gasteiger partial charge >= 0.3 is 0 Å². The van der Waals surface area contributed by atoms with Crippen molar-refractivity contribution in [2.24, 2.45) is 0 Å². The molecule has 0 aliphatic carbocycles. The molecule has 24 heavy (non-hydrogen) atoms. The van der Waals surface area contributed by atoms with Gasteiger partial charge in [-0.05, 0) is 6.42 Å². The molecule has 0 heterocycles. The van der Waals surface area contributed by atoms with E-state index in [9.17, 15) is 5.11 Å². The molecule has 0 aliphatic rings. The van der Waals surface area contributed by atoms with Gasteiger partial charge in [-0.25, -0.2) is 0 Å². The molecule has 2 unspecified atom stereocenters. The molecule has 0 rings (SSSR count). The Morgan fingerprint density at radius 3 is 1.38 bits per heavy atom. The molecular formula is C21H44O3. The summed E-state index contributed by atoms with van der Waals surface area (Å²) in [7, 11) is 1.61. The van der Waals surface area contributed by atoms with Crippen LogP contribution in [-0.4, -0.2) is 36.1 Å². The lowest BCUT2D eigenvalue weighted by atomic mass is 10.0. The topological polar surface area (TPSA) is 49.7 Å². The number of aliphatic hydroxyl groups is 2. The van der Waals surface area contributed by atoms with Crippen molar-refractivity contribution < 1.29 is 14.9 Å². The summed E-state index contributed by atoms with van der Waals surface area (Å²) >= 11 is 0. The highest BCUT2D eigenvalue weighted by Gasteiger charge is 2.16. The van der Waals surface area contributed by atoms with E-state index in [1.807, 2.05) is 0 Å². The predicted octanol–water partition coefficient (Wildman–Crippen LogP) is 5.62. The maximum absolute atomic E-state index is 9.56. The molecular weight excluding hydrogens is 300 g/mol. The van der Waals surface area contributed by atoms with E-state index in [2.05, 4.69) is 6.92 Å². The SMILES string of the molecule is CCCCCCCCCCCCCCCCCC(OC)C(O)CO. The van der Waals surface area contributed by atoms with E-state index in [0.29, 0.717) is 0 Å². The Labute approximate surface area is 151 Å². The van der Waals surface area contributed by atoms with Crippen molar-refractivity contribution in [1.29, 1.82) is 0 Å². The molecule has 3 nitrogen and oxygen atoms in total. The molecule has 0 saturated heterocycles. The summed E-state index contributed by atoms with van der Waals surface area (Å²) in [5.74, 6) is 0. The maximum Gasteiger partial charge on any atom is 0.103 e. The first kappa shape index (κ1) is 23.9. The molecule has 0 saturated carbocycles. The average molecular weight is 345 g/mol. The van der Waals surface area contributed by atoms with Gasteiger partial charge in [0.1, 0.15) is 6.10 Å². The first-order valence-corrected chi connectivity index (χ1v) is 10.6. The Morgan fingerprint density at radius 1 is 0.667 bits per heavy atom. The van der Waals surface area contributed by atoms with Crippen LogP contribution in [0.15, 0.2) is 0 Å². The fraction of sp³-hybridized carbons (Fsp3) is 1.00. The van der Waals surface area contributed by atoms with Gasteiger partial charge in [0, 0.05) is 7.11 Å². The van der Waals surface area contributed by atoms with Gasteiger partial charge in [-0.1, -0.05) is 103 Å². The smallest absolute Gasteiger partial charge is 0.103 e. The monoisotopic (exact) mass is 344 g/mol. The Bertz CT molecular complexity index is 233. The number of ether oxygens (including phenoxy) is 1. The Morgan fingerprint density at radius 2 is 1.04 bits per heavy atom. The van der Waals surface area contributed by atoms with Gasteiger partial charge in [0.25, 0.3) is 0 Å². The lowest BCUT2D eigenvalue weighted by Crippen LogP contribution is -2.31. The fourth-order valence-corrected chi connectivity index (χ4v) is 3.30. The fourth-order valence-electron chi connectivity index (χ4n) is 3.30. The normalized spacial score (nSPS) is 14.0. The lowest BCUT2D eigenvalue weighted by molar-refractivity contribution is -0.0419. The molecule has 0 radical (unpaired) electrons. The van der Waals surface area contributed by atoms with Crippen LogP contribution in [0.5, 0.6) is 0 Å². The molecule has 0 aromatic rings. The summed E-state index contributed by atoms with van der Waals surface area (Å²) in [4.78, 5) is 0. The third-order valence-electron chi connectivity index (χ3n) is 5.01. The molecule has 0 bridgehead atoms. The molecule has 2 atom stereocenters. The van der Waals surface area contributed by atoms with E-state index in [4.69, 9.17) is 9.84 Å². The van der Waals surface area contributed by atoms with E-state index >= 15 is 0 Å². The van der Waals surface area contributed by atoms with Gasteiger partial charge in [-0.2, -0.15) is 0 Å². The highest BCUT2D eigenvalue weighted by atomic mass is 16.5. The van der Waals surface area contributed by atoms with E-state index in [-0.39, 0.29) is 12.7 Å². The second kappa shape index (κ2) is 19.2. The molecule has 3 heteroatoms. The van der Waals surface area contributed by atoms with Crippen LogP contribution in [0.2, 0.25) is 0 Å². The summed E-state index contributed by atoms with van der Waals surface area (Å²) in [5, 5.41) is 18.5. The number of unbranched alkanes of at least 4 members (excludes halogenated alkanes) is 14. The van der Waals surface area contributed by atoms with Crippen molar-refractivity contribution in [3.05, 3.63) is 0 Å². The second-order valence-electron chi connectivity index (χ2n) is 7.26. The molecule has 2 N–H and O–H groups in total. The molecule has 0 fully saturated rings. The summed E-state index contributed by atoms with van der Waals surface area (Å²) in [6.07, 6.45) is 20.3. The minimum Gasteiger partial charge on any atom is -0.394 e. The zero-order valence-corrected chi connectivity index (χ0v) is 16.5. The first-order chi connectivity index (χ1) is 11.8. The number of methoxy groups -OCH3 is 1. The minimum atomic E-state index is -0.735. The van der Waals surface area contributed by atoms with Crippen LogP contribution >= 0.6 is 0 Å². The van der Waals surface area contributed by atoms with Gasteiger partial charge in [0.15, 0.2) is 0 Å². The number of aliphatic hydroxyl groups excluding tert-OH is 2. The maximum atomic E-state index is 9.56. The summed E-state index contributed by atoms with van der Waals surface area (Å²) in [6.45, 7) is 2.06. The van der Waals surface area contributed by atoms with E-state index < -0.39 is 6.10 Å². The van der Waals surface area contributed by atoms with Gasteiger partial charge in [0.05, 0.1) is 12.7 Å². The lowest BCUT2D eigenvalue weighted by Gasteiger charge is -2.19. The van der Waals surface area contributed by atoms with Gasteiger partial charge in [-0.15, -0.1) is 0 Å². The second-order valence-corrected chi connectivity index (χ2v) is 7.26. The predicted molar refractivity (Wildman–Crippen MR) is 103 cm³/mol. The standard InChI is InChI=1S/C21H44O3/c1-3-4-5-6-7-8-9-10-11-12-13-14-15-16-17-18-21(24-2)20(23)19-22/h20-23H,3-19H2,1-2H3. The van der Waals surface area contributed by atoms with Crippen molar-refractivity contribution in [3.8, 4) is 0 Å². The summed E-state index contributed by atoms with van der Waals surface area (Å²) in [6, 6.07) is 0. The first-order valence-electron chi connectivity index (χ1n) is 10.6. The summed E-state index contributed by atoms with van der Waals surface area (Å²) < 4.78 is 5.21. The van der Waals surface area contributed by atoms with Gasteiger partial charge < -0.3 is 14.9 Å². The summed E-state index contributed by atoms with van der Waals surface area (Å²) in [5.41, 5.74) is 0. The third kappa shape index (κ3) is 15.4. The van der Waals surface area contributed by atoms with Crippen LogP contribution in [-0.2, 0) is 4.74 Å². The minimum absolute atomic E-state index is 0.211. The highest BCUT2D eigenvalue weighted by Crippen LogP contribution is 2.15. The zero-order chi connectivity index (χ0) is 17.9. The van der Waals surface area contributed by atoms with E-state index in [1.165, 1.54) is 89.9 Å². The van der Waals surface area contributed by atoms with Crippen LogP contribution in [0, 0.1) is 0 Å². The Hall–Kier alpha value is -0.120. The van der Waals surface area contributed by atoms with E-state index in [1.54, 1.807) is 7.11 Å². The molecule has 0 aromatic carbocycles. The van der Waals surface area contributed by atoms with Crippen LogP contribution in [0.4, 0.5) is 0 Å². The highest BCUT2D eigenvalue weighted by molar-refractivity contribution is 4.67.